The number of rotatable bonds is 11. The zero-order chi connectivity index (χ0) is 29.6. The van der Waals surface area contributed by atoms with E-state index in [1.807, 2.05) is 39.8 Å². The van der Waals surface area contributed by atoms with Gasteiger partial charge in [-0.3, -0.25) is 13.9 Å². The second-order valence-corrected chi connectivity index (χ2v) is 12.8. The lowest BCUT2D eigenvalue weighted by atomic mass is 10.1. The number of sulfonamides is 1. The predicted molar refractivity (Wildman–Crippen MR) is 161 cm³/mol. The highest BCUT2D eigenvalue weighted by Gasteiger charge is 2.33. The molecule has 0 saturated carbocycles. The van der Waals surface area contributed by atoms with Crippen LogP contribution in [-0.2, 0) is 26.2 Å². The van der Waals surface area contributed by atoms with Gasteiger partial charge in [-0.2, -0.15) is 0 Å². The van der Waals surface area contributed by atoms with Crippen LogP contribution in [0.5, 0.6) is 0 Å². The van der Waals surface area contributed by atoms with Gasteiger partial charge in [0.1, 0.15) is 12.6 Å². The van der Waals surface area contributed by atoms with Crippen molar-refractivity contribution in [3.05, 3.63) is 94.0 Å². The number of carbonyl (C=O) groups excluding carboxylic acids is 2. The molecule has 1 atom stereocenters. The molecule has 0 unspecified atom stereocenters. The van der Waals surface area contributed by atoms with Crippen molar-refractivity contribution in [1.29, 1.82) is 0 Å². The van der Waals surface area contributed by atoms with E-state index in [-0.39, 0.29) is 23.3 Å². The van der Waals surface area contributed by atoms with Gasteiger partial charge in [-0.05, 0) is 74.6 Å². The number of anilines is 1. The third-order valence-corrected chi connectivity index (χ3v) is 8.81. The highest BCUT2D eigenvalue weighted by atomic mass is 35.5. The molecule has 0 spiro atoms. The molecule has 3 aromatic rings. The van der Waals surface area contributed by atoms with Crippen molar-refractivity contribution in [3.63, 3.8) is 0 Å². The Bertz CT molecular complexity index is 1460. The molecule has 0 fully saturated rings. The molecule has 0 saturated heterocycles. The quantitative estimate of drug-likeness (QED) is 0.316. The van der Waals surface area contributed by atoms with E-state index in [9.17, 15) is 18.0 Å². The number of amides is 2. The summed E-state index contributed by atoms with van der Waals surface area (Å²) in [5.74, 6) is -0.624. The molecule has 0 aliphatic heterocycles. The maximum atomic E-state index is 14.1. The minimum absolute atomic E-state index is 0.0417. The molecule has 2 amide bonds. The van der Waals surface area contributed by atoms with Crippen LogP contribution in [0.25, 0.3) is 0 Å². The minimum atomic E-state index is -4.13. The van der Waals surface area contributed by atoms with Crippen molar-refractivity contribution in [1.82, 2.24) is 10.2 Å². The molecule has 0 aromatic heterocycles. The van der Waals surface area contributed by atoms with Crippen LogP contribution in [0.3, 0.4) is 0 Å². The molecule has 0 heterocycles. The molecule has 3 rings (SSSR count). The zero-order valence-electron chi connectivity index (χ0n) is 23.9. The first-order chi connectivity index (χ1) is 18.8. The van der Waals surface area contributed by atoms with E-state index in [2.05, 4.69) is 5.32 Å². The number of aryl methyl sites for hydroxylation is 3. The van der Waals surface area contributed by atoms with Crippen LogP contribution in [0.2, 0.25) is 5.02 Å². The molecule has 1 N–H and O–H groups in total. The van der Waals surface area contributed by atoms with Crippen molar-refractivity contribution in [2.24, 2.45) is 5.92 Å². The number of benzene rings is 3. The topological polar surface area (TPSA) is 86.8 Å². The average molecular weight is 584 g/mol. The van der Waals surface area contributed by atoms with Crippen LogP contribution in [0, 0.1) is 26.7 Å². The molecule has 7 nitrogen and oxygen atoms in total. The van der Waals surface area contributed by atoms with Crippen molar-refractivity contribution >= 4 is 39.1 Å². The SMILES string of the molecule is Cc1ccc(S(=O)(=O)N(CC(=O)N(Cc2ccccc2Cl)[C@@H](C)C(=O)NCC(C)C)c2cc(C)ccc2C)cc1. The highest BCUT2D eigenvalue weighted by Crippen LogP contribution is 2.29. The fourth-order valence-electron chi connectivity index (χ4n) is 4.18. The van der Waals surface area contributed by atoms with E-state index in [0.717, 1.165) is 15.4 Å². The Kier molecular flexibility index (Phi) is 10.4. The van der Waals surface area contributed by atoms with E-state index >= 15 is 0 Å². The lowest BCUT2D eigenvalue weighted by Crippen LogP contribution is -2.51. The Morgan fingerprint density at radius 2 is 1.52 bits per heavy atom. The number of halogens is 1. The molecule has 0 bridgehead atoms. The molecule has 9 heteroatoms. The first kappa shape index (κ1) is 31.2. The van der Waals surface area contributed by atoms with Crippen molar-refractivity contribution in [3.8, 4) is 0 Å². The second kappa shape index (κ2) is 13.3. The smallest absolute Gasteiger partial charge is 0.264 e. The Morgan fingerprint density at radius 1 is 0.900 bits per heavy atom. The molecule has 214 valence electrons. The molecule has 0 aliphatic rings. The van der Waals surface area contributed by atoms with Crippen LogP contribution in [0.4, 0.5) is 5.69 Å². The van der Waals surface area contributed by atoms with Gasteiger partial charge in [-0.1, -0.05) is 73.5 Å². The Balaban J connectivity index is 2.07. The maximum Gasteiger partial charge on any atom is 0.264 e. The molecule has 0 radical (unpaired) electrons. The van der Waals surface area contributed by atoms with Gasteiger partial charge in [0.05, 0.1) is 10.6 Å². The lowest BCUT2D eigenvalue weighted by molar-refractivity contribution is -0.139. The van der Waals surface area contributed by atoms with Gasteiger partial charge >= 0.3 is 0 Å². The zero-order valence-corrected chi connectivity index (χ0v) is 25.5. The van der Waals surface area contributed by atoms with Crippen molar-refractivity contribution in [2.75, 3.05) is 17.4 Å². The number of hydrogen-bond donors (Lipinski definition) is 1. The van der Waals surface area contributed by atoms with Crippen LogP contribution in [0.15, 0.2) is 71.6 Å². The number of nitrogens with one attached hydrogen (secondary N) is 1. The normalized spacial score (nSPS) is 12.2. The van der Waals surface area contributed by atoms with Gasteiger partial charge in [-0.25, -0.2) is 8.42 Å². The summed E-state index contributed by atoms with van der Waals surface area (Å²) in [6, 6.07) is 18.2. The predicted octanol–water partition coefficient (Wildman–Crippen LogP) is 5.65. The number of nitrogens with zero attached hydrogens (tertiary/aromatic N) is 2. The van der Waals surface area contributed by atoms with Gasteiger partial charge in [0.2, 0.25) is 11.8 Å². The Hall–Kier alpha value is -3.36. The third kappa shape index (κ3) is 7.64. The van der Waals surface area contributed by atoms with Crippen LogP contribution in [0.1, 0.15) is 43.0 Å². The molecular weight excluding hydrogens is 546 g/mol. The fourth-order valence-corrected chi connectivity index (χ4v) is 5.85. The summed E-state index contributed by atoms with van der Waals surface area (Å²) in [5.41, 5.74) is 3.53. The summed E-state index contributed by atoms with van der Waals surface area (Å²) in [4.78, 5) is 28.6. The van der Waals surface area contributed by atoms with Crippen LogP contribution in [-0.4, -0.2) is 44.3 Å². The first-order valence-corrected chi connectivity index (χ1v) is 15.1. The molecule has 40 heavy (non-hydrogen) atoms. The standard InChI is InChI=1S/C31H38ClN3O4S/c1-21(2)18-33-31(37)25(6)34(19-26-9-7-8-10-28(26)32)30(36)20-35(29-17-23(4)11-14-24(29)5)40(38,39)27-15-12-22(3)13-16-27/h7-17,21,25H,18-20H2,1-6H3,(H,33,37)/t25-/m0/s1. The first-order valence-electron chi connectivity index (χ1n) is 13.3. The lowest BCUT2D eigenvalue weighted by Gasteiger charge is -2.32. The summed E-state index contributed by atoms with van der Waals surface area (Å²) in [7, 11) is -4.13. The van der Waals surface area contributed by atoms with Crippen molar-refractivity contribution < 1.29 is 18.0 Å². The van der Waals surface area contributed by atoms with Crippen LogP contribution >= 0.6 is 11.6 Å². The molecule has 0 aliphatic carbocycles. The summed E-state index contributed by atoms with van der Waals surface area (Å²) in [6.07, 6.45) is 0. The summed E-state index contributed by atoms with van der Waals surface area (Å²) >= 11 is 6.42. The minimum Gasteiger partial charge on any atom is -0.354 e. The Morgan fingerprint density at radius 3 is 2.15 bits per heavy atom. The largest absolute Gasteiger partial charge is 0.354 e. The summed E-state index contributed by atoms with van der Waals surface area (Å²) in [5, 5.41) is 3.34. The summed E-state index contributed by atoms with van der Waals surface area (Å²) in [6.45, 7) is 11.2. The maximum absolute atomic E-state index is 14.1. The van der Waals surface area contributed by atoms with Gasteiger partial charge in [0.25, 0.3) is 10.0 Å². The Labute approximate surface area is 243 Å². The van der Waals surface area contributed by atoms with Crippen LogP contribution < -0.4 is 9.62 Å². The van der Waals surface area contributed by atoms with E-state index < -0.39 is 28.5 Å². The molecular formula is C31H38ClN3O4S. The van der Waals surface area contributed by atoms with E-state index in [4.69, 9.17) is 11.6 Å². The number of carbonyl (C=O) groups is 2. The van der Waals surface area contributed by atoms with Gasteiger partial charge < -0.3 is 10.2 Å². The monoisotopic (exact) mass is 583 g/mol. The van der Waals surface area contributed by atoms with E-state index in [0.29, 0.717) is 28.4 Å². The van der Waals surface area contributed by atoms with E-state index in [1.54, 1.807) is 56.3 Å². The second-order valence-electron chi connectivity index (χ2n) is 10.5. The third-order valence-electron chi connectivity index (χ3n) is 6.67. The highest BCUT2D eigenvalue weighted by molar-refractivity contribution is 7.92. The van der Waals surface area contributed by atoms with E-state index in [1.165, 1.54) is 17.0 Å². The van der Waals surface area contributed by atoms with Gasteiger partial charge in [0, 0.05) is 18.1 Å². The number of hydrogen-bond acceptors (Lipinski definition) is 4. The van der Waals surface area contributed by atoms with Gasteiger partial charge in [-0.15, -0.1) is 0 Å². The fraction of sp³-hybridized carbons (Fsp3) is 0.355. The average Bonchev–Trinajstić information content (AvgIpc) is 2.91. The van der Waals surface area contributed by atoms with Crippen molar-refractivity contribution in [2.45, 2.75) is 59.0 Å². The summed E-state index contributed by atoms with van der Waals surface area (Å²) < 4.78 is 29.2. The molecule has 3 aromatic carbocycles. The van der Waals surface area contributed by atoms with Gasteiger partial charge in [0.15, 0.2) is 0 Å².